The number of hydrogen-bond donors (Lipinski definition) is 1. The van der Waals surface area contributed by atoms with Crippen LogP contribution in [-0.2, 0) is 0 Å². The summed E-state index contributed by atoms with van der Waals surface area (Å²) in [6.45, 7) is 7.28. The number of aryl methyl sites for hydroxylation is 1. The molecule has 0 spiro atoms. The molecule has 1 atom stereocenters. The highest BCUT2D eigenvalue weighted by Crippen LogP contribution is 2.35. The van der Waals surface area contributed by atoms with Gasteiger partial charge in [0, 0.05) is 18.3 Å². The van der Waals surface area contributed by atoms with Gasteiger partial charge in [0.05, 0.1) is 5.92 Å². The molecule has 1 aromatic carbocycles. The van der Waals surface area contributed by atoms with E-state index in [1.807, 2.05) is 6.92 Å². The lowest BCUT2D eigenvalue weighted by atomic mass is 10.0. The Morgan fingerprint density at radius 2 is 2.06 bits per heavy atom. The highest BCUT2D eigenvalue weighted by molar-refractivity contribution is 5.59. The van der Waals surface area contributed by atoms with E-state index in [0.29, 0.717) is 12.0 Å². The van der Waals surface area contributed by atoms with E-state index in [9.17, 15) is 0 Å². The largest absolute Gasteiger partial charge is 0.384 e. The molecule has 1 aliphatic rings. The molecule has 3 rings (SSSR count). The number of hydrogen-bond acceptors (Lipinski definition) is 3. The number of aromatic nitrogens is 3. The van der Waals surface area contributed by atoms with Crippen molar-refractivity contribution in [1.82, 2.24) is 14.8 Å². The molecule has 2 heterocycles. The van der Waals surface area contributed by atoms with Crippen LogP contribution in [0.3, 0.4) is 0 Å². The highest BCUT2D eigenvalue weighted by Gasteiger charge is 2.28. The molecule has 4 nitrogen and oxygen atoms in total. The van der Waals surface area contributed by atoms with Crippen LogP contribution in [0.4, 0.5) is 5.69 Å². The fourth-order valence-electron chi connectivity index (χ4n) is 2.78. The molecule has 1 aromatic heterocycles. The first-order valence-corrected chi connectivity index (χ1v) is 6.42. The molecule has 0 radical (unpaired) electrons. The van der Waals surface area contributed by atoms with Crippen LogP contribution in [0.2, 0.25) is 0 Å². The van der Waals surface area contributed by atoms with Crippen LogP contribution in [0.5, 0.6) is 0 Å². The maximum atomic E-state index is 4.39. The van der Waals surface area contributed by atoms with E-state index >= 15 is 0 Å². The Balaban J connectivity index is 2.08. The number of nitrogens with zero attached hydrogens (tertiary/aromatic N) is 3. The maximum absolute atomic E-state index is 4.39. The SMILES string of the molecule is Cc1nnc(C2CNc3ccccc32)n1C(C)C. The third-order valence-corrected chi connectivity index (χ3v) is 3.55. The third-order valence-electron chi connectivity index (χ3n) is 3.55. The quantitative estimate of drug-likeness (QED) is 0.880. The molecule has 0 aliphatic carbocycles. The minimum atomic E-state index is 0.310. The smallest absolute Gasteiger partial charge is 0.142 e. The van der Waals surface area contributed by atoms with Crippen LogP contribution in [0.15, 0.2) is 24.3 Å². The summed E-state index contributed by atoms with van der Waals surface area (Å²) in [7, 11) is 0. The second kappa shape index (κ2) is 4.12. The maximum Gasteiger partial charge on any atom is 0.142 e. The molecular weight excluding hydrogens is 224 g/mol. The Morgan fingerprint density at radius 3 is 2.83 bits per heavy atom. The zero-order chi connectivity index (χ0) is 12.7. The van der Waals surface area contributed by atoms with Gasteiger partial charge in [-0.1, -0.05) is 18.2 Å². The van der Waals surface area contributed by atoms with Crippen molar-refractivity contribution in [3.63, 3.8) is 0 Å². The Morgan fingerprint density at radius 1 is 1.28 bits per heavy atom. The second-order valence-corrected chi connectivity index (χ2v) is 5.09. The van der Waals surface area contributed by atoms with Gasteiger partial charge in [0.25, 0.3) is 0 Å². The van der Waals surface area contributed by atoms with Crippen LogP contribution in [0.25, 0.3) is 0 Å². The summed E-state index contributed by atoms with van der Waals surface area (Å²) in [6.07, 6.45) is 0. The number of benzene rings is 1. The zero-order valence-corrected chi connectivity index (χ0v) is 11.0. The summed E-state index contributed by atoms with van der Waals surface area (Å²) in [5, 5.41) is 12.1. The van der Waals surface area contributed by atoms with Crippen LogP contribution in [0.1, 0.15) is 43.0 Å². The zero-order valence-electron chi connectivity index (χ0n) is 11.0. The molecule has 18 heavy (non-hydrogen) atoms. The van der Waals surface area contributed by atoms with Crippen molar-refractivity contribution in [2.75, 3.05) is 11.9 Å². The molecule has 0 bridgehead atoms. The van der Waals surface area contributed by atoms with Gasteiger partial charge in [-0.3, -0.25) is 0 Å². The van der Waals surface area contributed by atoms with Gasteiger partial charge in [-0.25, -0.2) is 0 Å². The first-order chi connectivity index (χ1) is 8.68. The first kappa shape index (κ1) is 11.3. The summed E-state index contributed by atoms with van der Waals surface area (Å²) in [5.41, 5.74) is 2.55. The van der Waals surface area contributed by atoms with Gasteiger partial charge >= 0.3 is 0 Å². The summed E-state index contributed by atoms with van der Waals surface area (Å²) in [6, 6.07) is 8.84. The molecule has 1 aliphatic heterocycles. The summed E-state index contributed by atoms with van der Waals surface area (Å²) in [4.78, 5) is 0. The van der Waals surface area contributed by atoms with E-state index in [2.05, 4.69) is 58.2 Å². The molecule has 0 amide bonds. The Labute approximate surface area is 107 Å². The van der Waals surface area contributed by atoms with Crippen molar-refractivity contribution in [3.8, 4) is 0 Å². The summed E-state index contributed by atoms with van der Waals surface area (Å²) >= 11 is 0. The predicted molar refractivity (Wildman–Crippen MR) is 71.9 cm³/mol. The summed E-state index contributed by atoms with van der Waals surface area (Å²) in [5.74, 6) is 2.37. The van der Waals surface area contributed by atoms with E-state index in [4.69, 9.17) is 0 Å². The molecule has 0 saturated carbocycles. The minimum Gasteiger partial charge on any atom is -0.384 e. The van der Waals surface area contributed by atoms with Gasteiger partial charge in [-0.05, 0) is 32.4 Å². The van der Waals surface area contributed by atoms with Crippen molar-refractivity contribution < 1.29 is 0 Å². The van der Waals surface area contributed by atoms with Gasteiger partial charge in [-0.2, -0.15) is 0 Å². The molecule has 4 heteroatoms. The number of fused-ring (bicyclic) bond motifs is 1. The Hall–Kier alpha value is -1.84. The number of nitrogens with one attached hydrogen (secondary N) is 1. The lowest BCUT2D eigenvalue weighted by molar-refractivity contribution is 0.544. The van der Waals surface area contributed by atoms with Gasteiger partial charge < -0.3 is 9.88 Å². The van der Waals surface area contributed by atoms with E-state index in [-0.39, 0.29) is 0 Å². The summed E-state index contributed by atoms with van der Waals surface area (Å²) < 4.78 is 2.23. The Bertz CT molecular complexity index is 571. The van der Waals surface area contributed by atoms with Crippen molar-refractivity contribution in [1.29, 1.82) is 0 Å². The van der Waals surface area contributed by atoms with Crippen LogP contribution < -0.4 is 5.32 Å². The molecule has 1 N–H and O–H groups in total. The van der Waals surface area contributed by atoms with Gasteiger partial charge in [0.1, 0.15) is 11.6 Å². The molecule has 1 unspecified atom stereocenters. The van der Waals surface area contributed by atoms with Gasteiger partial charge in [0.2, 0.25) is 0 Å². The van der Waals surface area contributed by atoms with Crippen molar-refractivity contribution in [2.24, 2.45) is 0 Å². The van der Waals surface area contributed by atoms with Crippen molar-refractivity contribution >= 4 is 5.69 Å². The number of para-hydroxylation sites is 1. The predicted octanol–water partition coefficient (Wildman–Crippen LogP) is 2.72. The van der Waals surface area contributed by atoms with E-state index < -0.39 is 0 Å². The van der Waals surface area contributed by atoms with Crippen LogP contribution >= 0.6 is 0 Å². The average molecular weight is 242 g/mol. The monoisotopic (exact) mass is 242 g/mol. The molecule has 0 fully saturated rings. The second-order valence-electron chi connectivity index (χ2n) is 5.09. The number of rotatable bonds is 2. The average Bonchev–Trinajstić information content (AvgIpc) is 2.92. The molecular formula is C14H18N4. The first-order valence-electron chi connectivity index (χ1n) is 6.42. The van der Waals surface area contributed by atoms with Crippen LogP contribution in [-0.4, -0.2) is 21.3 Å². The standard InChI is InChI=1S/C14H18N4/c1-9(2)18-10(3)16-17-14(18)12-8-15-13-7-5-4-6-11(12)13/h4-7,9,12,15H,8H2,1-3H3. The molecule has 0 saturated heterocycles. The van der Waals surface area contributed by atoms with E-state index in [0.717, 1.165) is 18.2 Å². The van der Waals surface area contributed by atoms with Gasteiger partial charge in [-0.15, -0.1) is 10.2 Å². The highest BCUT2D eigenvalue weighted by atomic mass is 15.3. The minimum absolute atomic E-state index is 0.310. The lowest BCUT2D eigenvalue weighted by Crippen LogP contribution is -2.14. The van der Waals surface area contributed by atoms with Crippen molar-refractivity contribution in [2.45, 2.75) is 32.7 Å². The fraction of sp³-hybridized carbons (Fsp3) is 0.429. The lowest BCUT2D eigenvalue weighted by Gasteiger charge is -2.16. The van der Waals surface area contributed by atoms with E-state index in [1.165, 1.54) is 11.3 Å². The van der Waals surface area contributed by atoms with Crippen LogP contribution in [0, 0.1) is 6.92 Å². The van der Waals surface area contributed by atoms with Gasteiger partial charge in [0.15, 0.2) is 0 Å². The third kappa shape index (κ3) is 1.60. The van der Waals surface area contributed by atoms with E-state index in [1.54, 1.807) is 0 Å². The van der Waals surface area contributed by atoms with Crippen molar-refractivity contribution in [3.05, 3.63) is 41.5 Å². The fourth-order valence-corrected chi connectivity index (χ4v) is 2.78. The molecule has 94 valence electrons. The number of anilines is 1. The topological polar surface area (TPSA) is 42.7 Å². The molecule has 2 aromatic rings. The Kier molecular flexibility index (Phi) is 2.58. The normalized spacial score (nSPS) is 17.9.